The highest BCUT2D eigenvalue weighted by atomic mass is 19.1. The van der Waals surface area contributed by atoms with Crippen molar-refractivity contribution in [3.05, 3.63) is 60.2 Å². The molecule has 2 aromatic heterocycles. The molecular weight excluding hydrogens is 297 g/mol. The van der Waals surface area contributed by atoms with E-state index >= 15 is 0 Å². The maximum atomic E-state index is 13.7. The summed E-state index contributed by atoms with van der Waals surface area (Å²) < 4.78 is 25.0. The summed E-state index contributed by atoms with van der Waals surface area (Å²) in [4.78, 5) is 8.25. The number of rotatable bonds is 2. The first-order chi connectivity index (χ1) is 11.3. The maximum Gasteiger partial charge on any atom is 0.267 e. The van der Waals surface area contributed by atoms with Gasteiger partial charge in [-0.1, -0.05) is 18.2 Å². The molecule has 0 radical (unpaired) electrons. The minimum absolute atomic E-state index is 0.0768. The van der Waals surface area contributed by atoms with Crippen LogP contribution in [0.15, 0.2) is 53.2 Å². The van der Waals surface area contributed by atoms with Crippen molar-refractivity contribution in [1.82, 2.24) is 9.97 Å². The molecule has 0 fully saturated rings. The summed E-state index contributed by atoms with van der Waals surface area (Å²) in [7, 11) is 0. The van der Waals surface area contributed by atoms with E-state index in [0.29, 0.717) is 16.7 Å². The number of aromatic nitrogens is 2. The average Bonchev–Trinajstić information content (AvgIpc) is 2.95. The molecule has 4 aromatic rings. The third-order valence-electron chi connectivity index (χ3n) is 3.42. The Bertz CT molecular complexity index is 1080. The van der Waals surface area contributed by atoms with Crippen molar-refractivity contribution in [3.63, 3.8) is 0 Å². The highest BCUT2D eigenvalue weighted by Gasteiger charge is 2.17. The summed E-state index contributed by atoms with van der Waals surface area (Å²) in [6.07, 6.45) is 1.34. The summed E-state index contributed by atoms with van der Waals surface area (Å²) >= 11 is 0. The maximum absolute atomic E-state index is 13.7. The first kappa shape index (κ1) is 13.2. The van der Waals surface area contributed by atoms with Crippen LogP contribution in [-0.4, -0.2) is 9.97 Å². The second kappa shape index (κ2) is 5.07. The highest BCUT2D eigenvalue weighted by Crippen LogP contribution is 2.34. The number of halogens is 1. The lowest BCUT2D eigenvalue weighted by Gasteiger charge is -2.06. The molecule has 2 heterocycles. The van der Waals surface area contributed by atoms with Crippen LogP contribution in [0.25, 0.3) is 22.1 Å². The first-order valence-electron chi connectivity index (χ1n) is 6.76. The lowest BCUT2D eigenvalue weighted by molar-refractivity contribution is 0.450. The van der Waals surface area contributed by atoms with Crippen molar-refractivity contribution in [2.24, 2.45) is 0 Å². The number of hydrogen-bond acceptors (Lipinski definition) is 5. The van der Waals surface area contributed by atoms with Crippen LogP contribution in [0.3, 0.4) is 0 Å². The fraction of sp³-hybridized carbons (Fsp3) is 0. The van der Waals surface area contributed by atoms with E-state index in [1.165, 1.54) is 24.5 Å². The van der Waals surface area contributed by atoms with Gasteiger partial charge in [-0.25, -0.2) is 9.37 Å². The first-order valence-corrected chi connectivity index (χ1v) is 6.76. The molecule has 0 saturated heterocycles. The molecular formula is C17H8FN3O2. The highest BCUT2D eigenvalue weighted by molar-refractivity contribution is 6.03. The number of fused-ring (bicyclic) bond motifs is 3. The SMILES string of the molecule is N#Cc1c(F)cccc1Oc1ncnc2c1oc1ccccc12. The Kier molecular flexibility index (Phi) is 2.91. The molecule has 23 heavy (non-hydrogen) atoms. The zero-order valence-corrected chi connectivity index (χ0v) is 11.7. The minimum atomic E-state index is -0.653. The molecule has 110 valence electrons. The fourth-order valence-corrected chi connectivity index (χ4v) is 2.38. The zero-order valence-electron chi connectivity index (χ0n) is 11.7. The number of hydrogen-bond donors (Lipinski definition) is 0. The summed E-state index contributed by atoms with van der Waals surface area (Å²) in [5.74, 6) is -0.443. The fourth-order valence-electron chi connectivity index (χ4n) is 2.38. The van der Waals surface area contributed by atoms with Gasteiger partial charge in [0.25, 0.3) is 5.88 Å². The van der Waals surface area contributed by atoms with E-state index in [1.807, 2.05) is 24.3 Å². The molecule has 0 N–H and O–H groups in total. The third-order valence-corrected chi connectivity index (χ3v) is 3.42. The predicted molar refractivity (Wildman–Crippen MR) is 80.5 cm³/mol. The Balaban J connectivity index is 1.91. The van der Waals surface area contributed by atoms with Gasteiger partial charge in [0.15, 0.2) is 0 Å². The van der Waals surface area contributed by atoms with Crippen LogP contribution in [0.4, 0.5) is 4.39 Å². The van der Waals surface area contributed by atoms with Crippen molar-refractivity contribution in [3.8, 4) is 17.7 Å². The normalized spacial score (nSPS) is 10.8. The molecule has 4 rings (SSSR count). The Morgan fingerprint density at radius 2 is 1.96 bits per heavy atom. The van der Waals surface area contributed by atoms with E-state index in [4.69, 9.17) is 14.4 Å². The number of nitriles is 1. The van der Waals surface area contributed by atoms with Crippen LogP contribution in [0.5, 0.6) is 11.6 Å². The molecule has 0 aliphatic rings. The van der Waals surface area contributed by atoms with E-state index in [1.54, 1.807) is 6.07 Å². The zero-order chi connectivity index (χ0) is 15.8. The second-order valence-corrected chi connectivity index (χ2v) is 4.78. The molecule has 0 atom stereocenters. The van der Waals surface area contributed by atoms with Crippen molar-refractivity contribution in [1.29, 1.82) is 5.26 Å². The molecule has 0 amide bonds. The molecule has 0 bridgehead atoms. The molecule has 0 aliphatic heterocycles. The van der Waals surface area contributed by atoms with Gasteiger partial charge < -0.3 is 9.15 Å². The van der Waals surface area contributed by atoms with Crippen molar-refractivity contribution < 1.29 is 13.5 Å². The average molecular weight is 305 g/mol. The van der Waals surface area contributed by atoms with Gasteiger partial charge in [0.05, 0.1) is 0 Å². The smallest absolute Gasteiger partial charge is 0.267 e. The molecule has 5 nitrogen and oxygen atoms in total. The summed E-state index contributed by atoms with van der Waals surface area (Å²) in [6.45, 7) is 0. The summed E-state index contributed by atoms with van der Waals surface area (Å²) in [5.41, 5.74) is 1.41. The number of benzene rings is 2. The second-order valence-electron chi connectivity index (χ2n) is 4.78. The largest absolute Gasteiger partial charge is 0.449 e. The lowest BCUT2D eigenvalue weighted by atomic mass is 10.2. The Labute approximate surface area is 129 Å². The van der Waals surface area contributed by atoms with Crippen LogP contribution >= 0.6 is 0 Å². The lowest BCUT2D eigenvalue weighted by Crippen LogP contribution is -1.94. The van der Waals surface area contributed by atoms with Gasteiger partial charge in [-0.3, -0.25) is 0 Å². The number of para-hydroxylation sites is 1. The van der Waals surface area contributed by atoms with Crippen molar-refractivity contribution in [2.45, 2.75) is 0 Å². The monoisotopic (exact) mass is 305 g/mol. The Hall–Kier alpha value is -3.46. The van der Waals surface area contributed by atoms with E-state index in [9.17, 15) is 4.39 Å². The third kappa shape index (κ3) is 2.07. The van der Waals surface area contributed by atoms with Gasteiger partial charge in [0, 0.05) is 5.39 Å². The van der Waals surface area contributed by atoms with Crippen LogP contribution in [-0.2, 0) is 0 Å². The van der Waals surface area contributed by atoms with E-state index in [0.717, 1.165) is 5.39 Å². The molecule has 6 heteroatoms. The Morgan fingerprint density at radius 3 is 2.83 bits per heavy atom. The molecule has 0 unspecified atom stereocenters. The van der Waals surface area contributed by atoms with Crippen LogP contribution in [0.1, 0.15) is 5.56 Å². The van der Waals surface area contributed by atoms with Gasteiger partial charge in [-0.05, 0) is 24.3 Å². The van der Waals surface area contributed by atoms with Gasteiger partial charge in [0.2, 0.25) is 5.58 Å². The molecule has 0 saturated carbocycles. The molecule has 0 spiro atoms. The number of ether oxygens (including phenoxy) is 1. The van der Waals surface area contributed by atoms with E-state index in [-0.39, 0.29) is 17.2 Å². The number of nitrogens with zero attached hydrogens (tertiary/aromatic N) is 3. The minimum Gasteiger partial charge on any atom is -0.449 e. The van der Waals surface area contributed by atoms with E-state index < -0.39 is 5.82 Å². The standard InChI is InChI=1S/C17H8FN3O2/c18-12-5-3-7-14(11(12)8-19)23-17-16-15(20-9-21-17)10-4-1-2-6-13(10)22-16/h1-7,9H. The quantitative estimate of drug-likeness (QED) is 0.555. The summed E-state index contributed by atoms with van der Waals surface area (Å²) in [5, 5.41) is 9.91. The molecule has 0 aliphatic carbocycles. The van der Waals surface area contributed by atoms with Crippen molar-refractivity contribution in [2.75, 3.05) is 0 Å². The Morgan fingerprint density at radius 1 is 1.09 bits per heavy atom. The van der Waals surface area contributed by atoms with Gasteiger partial charge >= 0.3 is 0 Å². The van der Waals surface area contributed by atoms with Gasteiger partial charge in [-0.2, -0.15) is 10.2 Å². The van der Waals surface area contributed by atoms with E-state index in [2.05, 4.69) is 9.97 Å². The van der Waals surface area contributed by atoms with Crippen LogP contribution in [0, 0.1) is 17.1 Å². The van der Waals surface area contributed by atoms with Gasteiger partial charge in [0.1, 0.15) is 40.6 Å². The van der Waals surface area contributed by atoms with Crippen LogP contribution in [0.2, 0.25) is 0 Å². The predicted octanol–water partition coefficient (Wildman–Crippen LogP) is 4.18. The van der Waals surface area contributed by atoms with Crippen molar-refractivity contribution >= 4 is 22.1 Å². The topological polar surface area (TPSA) is 71.9 Å². The number of furan rings is 1. The van der Waals surface area contributed by atoms with Gasteiger partial charge in [-0.15, -0.1) is 0 Å². The summed E-state index contributed by atoms with van der Waals surface area (Å²) in [6, 6.07) is 13.3. The van der Waals surface area contributed by atoms with Crippen LogP contribution < -0.4 is 4.74 Å². The molecule has 2 aromatic carbocycles.